The van der Waals surface area contributed by atoms with Gasteiger partial charge in [-0.1, -0.05) is 42.5 Å². The normalized spacial score (nSPS) is 16.4. The third-order valence-corrected chi connectivity index (χ3v) is 6.29. The van der Waals surface area contributed by atoms with E-state index in [2.05, 4.69) is 5.10 Å². The number of hydrogen-bond acceptors (Lipinski definition) is 6. The maximum atomic E-state index is 14.7. The number of piperidine rings is 1. The third-order valence-electron chi connectivity index (χ3n) is 6.29. The van der Waals surface area contributed by atoms with E-state index in [-0.39, 0.29) is 18.8 Å². The van der Waals surface area contributed by atoms with Gasteiger partial charge in [-0.25, -0.2) is 13.8 Å². The molecule has 0 N–H and O–H groups in total. The van der Waals surface area contributed by atoms with Gasteiger partial charge in [-0.3, -0.25) is 14.4 Å². The number of nitrogens with zero attached hydrogens (tertiary/aromatic N) is 4. The molecule has 0 unspecified atom stereocenters. The lowest BCUT2D eigenvalue weighted by Crippen LogP contribution is -2.50. The highest BCUT2D eigenvalue weighted by molar-refractivity contribution is 5.92. The number of rotatable bonds is 6. The molecule has 0 spiro atoms. The van der Waals surface area contributed by atoms with Crippen LogP contribution in [0.5, 0.6) is 0 Å². The summed E-state index contributed by atoms with van der Waals surface area (Å²) in [6, 6.07) is 13.6. The fourth-order valence-electron chi connectivity index (χ4n) is 4.39. The van der Waals surface area contributed by atoms with Crippen LogP contribution < -0.4 is 11.2 Å². The topological polar surface area (TPSA) is 104 Å². The monoisotopic (exact) mass is 494 g/mol. The molecule has 2 aromatic carbocycles. The van der Waals surface area contributed by atoms with Gasteiger partial charge in [0.2, 0.25) is 5.69 Å². The lowest BCUT2D eigenvalue weighted by Gasteiger charge is -2.31. The largest absolute Gasteiger partial charge is 0.466 e. The summed E-state index contributed by atoms with van der Waals surface area (Å²) in [5, 5.41) is 4.04. The lowest BCUT2D eigenvalue weighted by molar-refractivity contribution is -0.149. The second-order valence-electron chi connectivity index (χ2n) is 8.60. The Hall–Kier alpha value is -4.08. The van der Waals surface area contributed by atoms with E-state index in [0.717, 1.165) is 15.3 Å². The number of esters is 1. The average molecular weight is 495 g/mol. The number of carbonyl (C=O) groups excluding carboxylic acids is 2. The maximum absolute atomic E-state index is 14.7. The molecule has 1 aromatic heterocycles. The number of amides is 1. The Balaban J connectivity index is 1.84. The van der Waals surface area contributed by atoms with Gasteiger partial charge in [0, 0.05) is 13.1 Å². The van der Waals surface area contributed by atoms with Crippen LogP contribution in [0.15, 0.2) is 64.2 Å². The Labute approximate surface area is 206 Å². The molecule has 2 heterocycles. The first-order valence-corrected chi connectivity index (χ1v) is 11.8. The summed E-state index contributed by atoms with van der Waals surface area (Å²) in [6.45, 7) is 3.95. The van der Waals surface area contributed by atoms with Crippen LogP contribution in [0.1, 0.15) is 48.8 Å². The summed E-state index contributed by atoms with van der Waals surface area (Å²) in [7, 11) is 0. The molecule has 1 aliphatic rings. The number of ether oxygens (including phenoxy) is 1. The van der Waals surface area contributed by atoms with Crippen LogP contribution in [-0.4, -0.2) is 50.8 Å². The SMILES string of the molecule is CCOC(=O)[C@@H]1CCCN(C(=O)c2nn(-c3ccccc3F)c(=O)n([C@@H](C)c3ccccc3)c2=O)C1. The van der Waals surface area contributed by atoms with Crippen LogP contribution in [0.2, 0.25) is 0 Å². The number of likely N-dealkylation sites (tertiary alicyclic amines) is 1. The van der Waals surface area contributed by atoms with Gasteiger partial charge in [0.1, 0.15) is 11.5 Å². The number of aromatic nitrogens is 3. The number of hydrogen-bond donors (Lipinski definition) is 0. The van der Waals surface area contributed by atoms with Crippen LogP contribution in [-0.2, 0) is 9.53 Å². The molecular formula is C26H27FN4O5. The zero-order valence-corrected chi connectivity index (χ0v) is 20.1. The molecule has 1 aliphatic heterocycles. The minimum Gasteiger partial charge on any atom is -0.466 e. The summed E-state index contributed by atoms with van der Waals surface area (Å²) in [4.78, 5) is 54.1. The predicted molar refractivity (Wildman–Crippen MR) is 130 cm³/mol. The molecule has 0 aliphatic carbocycles. The standard InChI is InChI=1S/C26H27FN4O5/c1-3-36-25(34)19-12-9-15-29(16-19)23(32)22-24(33)30(17(2)18-10-5-4-6-11-18)26(35)31(28-22)21-14-8-7-13-20(21)27/h4-8,10-11,13-14,17,19H,3,9,12,15-16H2,1-2H3/t17-,19+/m0/s1. The van der Waals surface area contributed by atoms with Gasteiger partial charge >= 0.3 is 11.7 Å². The molecule has 1 saturated heterocycles. The van der Waals surface area contributed by atoms with E-state index >= 15 is 0 Å². The Morgan fingerprint density at radius 2 is 1.81 bits per heavy atom. The van der Waals surface area contributed by atoms with Crippen molar-refractivity contribution in [2.45, 2.75) is 32.7 Å². The highest BCUT2D eigenvalue weighted by Crippen LogP contribution is 2.20. The van der Waals surface area contributed by atoms with E-state index in [1.54, 1.807) is 44.2 Å². The highest BCUT2D eigenvalue weighted by Gasteiger charge is 2.33. The minimum atomic E-state index is -0.882. The summed E-state index contributed by atoms with van der Waals surface area (Å²) in [5.74, 6) is -2.39. The van der Waals surface area contributed by atoms with E-state index in [1.807, 2.05) is 0 Å². The molecule has 188 valence electrons. The van der Waals surface area contributed by atoms with Gasteiger partial charge in [-0.2, -0.15) is 9.78 Å². The molecule has 10 heteroatoms. The quantitative estimate of drug-likeness (QED) is 0.488. The molecule has 9 nitrogen and oxygen atoms in total. The third kappa shape index (κ3) is 4.84. The smallest absolute Gasteiger partial charge is 0.352 e. The van der Waals surface area contributed by atoms with Crippen molar-refractivity contribution in [2.24, 2.45) is 5.92 Å². The maximum Gasteiger partial charge on any atom is 0.352 e. The summed E-state index contributed by atoms with van der Waals surface area (Å²) < 4.78 is 21.4. The van der Waals surface area contributed by atoms with Gasteiger partial charge in [0.25, 0.3) is 11.5 Å². The van der Waals surface area contributed by atoms with Crippen molar-refractivity contribution in [3.05, 3.63) is 92.5 Å². The van der Waals surface area contributed by atoms with Crippen molar-refractivity contribution in [1.82, 2.24) is 19.2 Å². The second kappa shape index (κ2) is 10.7. The Morgan fingerprint density at radius 3 is 2.50 bits per heavy atom. The Kier molecular flexibility index (Phi) is 7.42. The fourth-order valence-corrected chi connectivity index (χ4v) is 4.39. The molecule has 3 aromatic rings. The van der Waals surface area contributed by atoms with Gasteiger partial charge in [-0.05, 0) is 44.4 Å². The molecule has 0 bridgehead atoms. The van der Waals surface area contributed by atoms with Crippen LogP contribution in [0.25, 0.3) is 5.69 Å². The second-order valence-corrected chi connectivity index (χ2v) is 8.60. The first kappa shape index (κ1) is 25.0. The van der Waals surface area contributed by atoms with Gasteiger partial charge in [-0.15, -0.1) is 0 Å². The van der Waals surface area contributed by atoms with Gasteiger partial charge < -0.3 is 9.64 Å². The molecule has 36 heavy (non-hydrogen) atoms. The van der Waals surface area contributed by atoms with E-state index in [1.165, 1.54) is 23.1 Å². The summed E-state index contributed by atoms with van der Waals surface area (Å²) >= 11 is 0. The predicted octanol–water partition coefficient (Wildman–Crippen LogP) is 2.56. The number of benzene rings is 2. The lowest BCUT2D eigenvalue weighted by atomic mass is 9.98. The summed E-state index contributed by atoms with van der Waals surface area (Å²) in [6.07, 6.45) is 1.09. The van der Waals surface area contributed by atoms with Crippen LogP contribution in [0.3, 0.4) is 0 Å². The van der Waals surface area contributed by atoms with E-state index in [4.69, 9.17) is 4.74 Å². The first-order chi connectivity index (χ1) is 17.3. The van der Waals surface area contributed by atoms with E-state index in [0.29, 0.717) is 24.9 Å². The molecular weight excluding hydrogens is 467 g/mol. The molecule has 0 radical (unpaired) electrons. The van der Waals surface area contributed by atoms with Gasteiger partial charge in [0.05, 0.1) is 18.6 Å². The van der Waals surface area contributed by atoms with E-state index < -0.39 is 46.6 Å². The molecule has 1 fully saturated rings. The first-order valence-electron chi connectivity index (χ1n) is 11.8. The van der Waals surface area contributed by atoms with Crippen LogP contribution in [0, 0.1) is 11.7 Å². The zero-order valence-electron chi connectivity index (χ0n) is 20.1. The number of para-hydroxylation sites is 1. The van der Waals surface area contributed by atoms with Crippen molar-refractivity contribution in [1.29, 1.82) is 0 Å². The average Bonchev–Trinajstić information content (AvgIpc) is 2.90. The van der Waals surface area contributed by atoms with Crippen LogP contribution in [0.4, 0.5) is 4.39 Å². The molecule has 1 amide bonds. The Morgan fingerprint density at radius 1 is 1.11 bits per heavy atom. The van der Waals surface area contributed by atoms with Crippen molar-refractivity contribution >= 4 is 11.9 Å². The van der Waals surface area contributed by atoms with Crippen molar-refractivity contribution in [2.75, 3.05) is 19.7 Å². The van der Waals surface area contributed by atoms with Crippen molar-refractivity contribution in [3.8, 4) is 5.69 Å². The highest BCUT2D eigenvalue weighted by atomic mass is 19.1. The summed E-state index contributed by atoms with van der Waals surface area (Å²) in [5.41, 5.74) is -1.81. The van der Waals surface area contributed by atoms with E-state index in [9.17, 15) is 23.6 Å². The number of halogens is 1. The van der Waals surface area contributed by atoms with Crippen LogP contribution >= 0.6 is 0 Å². The Bertz CT molecular complexity index is 1390. The number of carbonyl (C=O) groups is 2. The fraction of sp³-hybridized carbons (Fsp3) is 0.346. The van der Waals surface area contributed by atoms with Crippen molar-refractivity contribution in [3.63, 3.8) is 0 Å². The molecule has 4 rings (SSSR count). The molecule has 0 saturated carbocycles. The van der Waals surface area contributed by atoms with Gasteiger partial charge in [0.15, 0.2) is 0 Å². The molecule has 2 atom stereocenters. The van der Waals surface area contributed by atoms with Crippen molar-refractivity contribution < 1.29 is 18.7 Å². The zero-order chi connectivity index (χ0) is 25.8. The minimum absolute atomic E-state index is 0.0614.